The first-order valence-electron chi connectivity index (χ1n) is 7.24. The molecule has 0 unspecified atom stereocenters. The summed E-state index contributed by atoms with van der Waals surface area (Å²) < 4.78 is 10.4. The highest BCUT2D eigenvalue weighted by Gasteiger charge is 2.19. The zero-order valence-electron chi connectivity index (χ0n) is 12.1. The second-order valence-electron chi connectivity index (χ2n) is 5.08. The fraction of sp³-hybridized carbons (Fsp3) is 0.714. The van der Waals surface area contributed by atoms with Gasteiger partial charge in [-0.25, -0.2) is 15.8 Å². The summed E-state index contributed by atoms with van der Waals surface area (Å²) in [5.41, 5.74) is 3.74. The van der Waals surface area contributed by atoms with Gasteiger partial charge in [0.25, 0.3) is 0 Å². The van der Waals surface area contributed by atoms with Crippen LogP contribution in [0.4, 0.5) is 5.82 Å². The molecule has 1 saturated carbocycles. The van der Waals surface area contributed by atoms with Crippen molar-refractivity contribution in [1.29, 1.82) is 0 Å². The van der Waals surface area contributed by atoms with Crippen molar-refractivity contribution in [3.63, 3.8) is 0 Å². The number of hydrogen-bond donors (Lipinski definition) is 2. The molecule has 0 saturated heterocycles. The third-order valence-corrected chi connectivity index (χ3v) is 3.62. The van der Waals surface area contributed by atoms with Gasteiger partial charge in [0.05, 0.1) is 19.8 Å². The zero-order chi connectivity index (χ0) is 14.2. The number of ether oxygens (including phenoxy) is 2. The van der Waals surface area contributed by atoms with Crippen molar-refractivity contribution in [1.82, 2.24) is 9.97 Å². The number of nitrogens with zero attached hydrogens (tertiary/aromatic N) is 2. The predicted molar refractivity (Wildman–Crippen MR) is 77.5 cm³/mol. The lowest BCUT2D eigenvalue weighted by molar-refractivity contribution is 0.0716. The third kappa shape index (κ3) is 4.40. The van der Waals surface area contributed by atoms with Crippen molar-refractivity contribution in [3.05, 3.63) is 17.6 Å². The average molecular weight is 280 g/mol. The van der Waals surface area contributed by atoms with E-state index < -0.39 is 0 Å². The van der Waals surface area contributed by atoms with Crippen LogP contribution >= 0.6 is 0 Å². The molecule has 0 bridgehead atoms. The van der Waals surface area contributed by atoms with E-state index in [1.807, 2.05) is 6.07 Å². The lowest BCUT2D eigenvalue weighted by Crippen LogP contribution is -2.14. The van der Waals surface area contributed by atoms with Crippen LogP contribution in [0.15, 0.2) is 6.07 Å². The smallest absolute Gasteiger partial charge is 0.143 e. The minimum Gasteiger partial charge on any atom is -0.382 e. The van der Waals surface area contributed by atoms with Gasteiger partial charge in [0.1, 0.15) is 11.6 Å². The Hall–Kier alpha value is -1.24. The van der Waals surface area contributed by atoms with E-state index in [9.17, 15) is 0 Å². The van der Waals surface area contributed by atoms with Gasteiger partial charge in [-0.3, -0.25) is 0 Å². The van der Waals surface area contributed by atoms with E-state index in [0.717, 1.165) is 11.5 Å². The summed E-state index contributed by atoms with van der Waals surface area (Å²) >= 11 is 0. The quantitative estimate of drug-likeness (QED) is 0.428. The van der Waals surface area contributed by atoms with Crippen molar-refractivity contribution >= 4 is 5.82 Å². The number of methoxy groups -OCH3 is 1. The molecule has 1 aliphatic carbocycles. The topological polar surface area (TPSA) is 82.3 Å². The lowest BCUT2D eigenvalue weighted by Gasteiger charge is -2.12. The number of nitrogen functional groups attached to an aromatic ring is 1. The molecule has 1 aromatic heterocycles. The molecular formula is C14H24N4O2. The number of nitrogens with one attached hydrogen (secondary N) is 1. The number of rotatable bonds is 8. The maximum Gasteiger partial charge on any atom is 0.143 e. The van der Waals surface area contributed by atoms with Gasteiger partial charge in [-0.05, 0) is 12.8 Å². The number of hydrazine groups is 1. The second kappa shape index (κ2) is 8.14. The first-order valence-corrected chi connectivity index (χ1v) is 7.24. The second-order valence-corrected chi connectivity index (χ2v) is 5.08. The molecule has 0 atom stereocenters. The van der Waals surface area contributed by atoms with Crippen LogP contribution < -0.4 is 11.3 Å². The molecule has 0 spiro atoms. The van der Waals surface area contributed by atoms with Gasteiger partial charge >= 0.3 is 0 Å². The summed E-state index contributed by atoms with van der Waals surface area (Å²) in [5.74, 6) is 7.53. The van der Waals surface area contributed by atoms with Crippen LogP contribution in [0.3, 0.4) is 0 Å². The Bertz CT molecular complexity index is 408. The van der Waals surface area contributed by atoms with Gasteiger partial charge in [-0.2, -0.15) is 0 Å². The first-order chi connectivity index (χ1) is 9.83. The maximum absolute atomic E-state index is 5.49. The zero-order valence-corrected chi connectivity index (χ0v) is 12.1. The molecule has 20 heavy (non-hydrogen) atoms. The molecule has 0 aliphatic heterocycles. The highest BCUT2D eigenvalue weighted by Crippen LogP contribution is 2.33. The van der Waals surface area contributed by atoms with E-state index in [1.54, 1.807) is 7.11 Å². The Morgan fingerprint density at radius 1 is 1.25 bits per heavy atom. The van der Waals surface area contributed by atoms with Crippen LogP contribution in [0, 0.1) is 0 Å². The van der Waals surface area contributed by atoms with Crippen molar-refractivity contribution in [2.45, 2.75) is 38.0 Å². The van der Waals surface area contributed by atoms with Crippen LogP contribution in [0.5, 0.6) is 0 Å². The van der Waals surface area contributed by atoms with Crippen molar-refractivity contribution in [2.24, 2.45) is 5.84 Å². The van der Waals surface area contributed by atoms with Gasteiger partial charge < -0.3 is 14.9 Å². The summed E-state index contributed by atoms with van der Waals surface area (Å²) in [6.45, 7) is 1.81. The van der Waals surface area contributed by atoms with E-state index >= 15 is 0 Å². The monoisotopic (exact) mass is 280 g/mol. The number of anilines is 1. The SMILES string of the molecule is COCCOCCc1nc(NN)cc(C2CCCC2)n1. The molecule has 0 aromatic carbocycles. The van der Waals surface area contributed by atoms with Crippen LogP contribution in [0.25, 0.3) is 0 Å². The Balaban J connectivity index is 1.94. The highest BCUT2D eigenvalue weighted by molar-refractivity contribution is 5.35. The Morgan fingerprint density at radius 2 is 2.05 bits per heavy atom. The summed E-state index contributed by atoms with van der Waals surface area (Å²) in [4.78, 5) is 9.05. The summed E-state index contributed by atoms with van der Waals surface area (Å²) in [7, 11) is 1.66. The van der Waals surface area contributed by atoms with Crippen LogP contribution in [-0.4, -0.2) is 36.9 Å². The van der Waals surface area contributed by atoms with E-state index in [1.165, 1.54) is 25.7 Å². The fourth-order valence-corrected chi connectivity index (χ4v) is 2.54. The minimum atomic E-state index is 0.554. The molecular weight excluding hydrogens is 256 g/mol. The van der Waals surface area contributed by atoms with Crippen LogP contribution in [0.2, 0.25) is 0 Å². The number of hydrogen-bond acceptors (Lipinski definition) is 6. The highest BCUT2D eigenvalue weighted by atomic mass is 16.5. The Labute approximate surface area is 120 Å². The number of nitrogens with two attached hydrogens (primary N) is 1. The molecule has 6 heteroatoms. The summed E-state index contributed by atoms with van der Waals surface area (Å²) in [6.07, 6.45) is 5.69. The van der Waals surface area contributed by atoms with Gasteiger partial charge in [-0.15, -0.1) is 0 Å². The van der Waals surface area contributed by atoms with Gasteiger partial charge in [0.2, 0.25) is 0 Å². The Kier molecular flexibility index (Phi) is 6.17. The van der Waals surface area contributed by atoms with E-state index in [4.69, 9.17) is 15.3 Å². The van der Waals surface area contributed by atoms with Crippen molar-refractivity contribution < 1.29 is 9.47 Å². The minimum absolute atomic E-state index is 0.554. The molecule has 2 rings (SSSR count). The van der Waals surface area contributed by atoms with Crippen LogP contribution in [0.1, 0.15) is 43.1 Å². The number of aromatic nitrogens is 2. The molecule has 1 aliphatic rings. The molecule has 6 nitrogen and oxygen atoms in total. The van der Waals surface area contributed by atoms with E-state index in [0.29, 0.717) is 38.0 Å². The molecule has 1 aromatic rings. The Morgan fingerprint density at radius 3 is 2.75 bits per heavy atom. The lowest BCUT2D eigenvalue weighted by atomic mass is 10.0. The molecule has 3 N–H and O–H groups in total. The predicted octanol–water partition coefficient (Wildman–Crippen LogP) is 1.63. The first kappa shape index (κ1) is 15.2. The fourth-order valence-electron chi connectivity index (χ4n) is 2.54. The van der Waals surface area contributed by atoms with Crippen molar-refractivity contribution in [3.8, 4) is 0 Å². The maximum atomic E-state index is 5.49. The molecule has 112 valence electrons. The molecule has 0 amide bonds. The standard InChI is InChI=1S/C14H24N4O2/c1-19-8-9-20-7-6-13-16-12(10-14(17-13)18-15)11-4-2-3-5-11/h10-11H,2-9,15H2,1H3,(H,16,17,18). The molecule has 1 fully saturated rings. The van der Waals surface area contributed by atoms with E-state index in [-0.39, 0.29) is 0 Å². The van der Waals surface area contributed by atoms with Gasteiger partial charge in [0.15, 0.2) is 0 Å². The summed E-state index contributed by atoms with van der Waals surface area (Å²) in [5, 5.41) is 0. The van der Waals surface area contributed by atoms with Crippen LogP contribution in [-0.2, 0) is 15.9 Å². The molecule has 0 radical (unpaired) electrons. The summed E-state index contributed by atoms with van der Waals surface area (Å²) in [6, 6.07) is 1.96. The third-order valence-electron chi connectivity index (χ3n) is 3.62. The van der Waals surface area contributed by atoms with Gasteiger partial charge in [-0.1, -0.05) is 12.8 Å². The van der Waals surface area contributed by atoms with E-state index in [2.05, 4.69) is 15.4 Å². The van der Waals surface area contributed by atoms with Crippen molar-refractivity contribution in [2.75, 3.05) is 32.4 Å². The molecule has 1 heterocycles. The normalized spacial score (nSPS) is 15.7. The average Bonchev–Trinajstić information content (AvgIpc) is 3.01. The van der Waals surface area contributed by atoms with Gasteiger partial charge in [0, 0.05) is 31.2 Å². The largest absolute Gasteiger partial charge is 0.382 e.